The van der Waals surface area contributed by atoms with Gasteiger partial charge < -0.3 is 14.7 Å². The second-order valence-electron chi connectivity index (χ2n) is 5.90. The summed E-state index contributed by atoms with van der Waals surface area (Å²) >= 11 is 0. The number of amides is 1. The molecule has 0 spiro atoms. The van der Waals surface area contributed by atoms with Gasteiger partial charge in [-0.05, 0) is 46.0 Å². The minimum absolute atomic E-state index is 0.184. The Bertz CT molecular complexity index is 289. The van der Waals surface area contributed by atoms with E-state index >= 15 is 0 Å². The van der Waals surface area contributed by atoms with E-state index in [1.807, 2.05) is 25.7 Å². The molecule has 2 rings (SSSR count). The molecule has 98 valence electrons. The number of rotatable bonds is 2. The molecular weight excluding hydrogens is 218 g/mol. The summed E-state index contributed by atoms with van der Waals surface area (Å²) in [6, 6.07) is 0.368. The van der Waals surface area contributed by atoms with Crippen molar-refractivity contribution in [3.8, 4) is 0 Å². The summed E-state index contributed by atoms with van der Waals surface area (Å²) in [6.45, 7) is 5.89. The van der Waals surface area contributed by atoms with Crippen molar-refractivity contribution < 1.29 is 14.6 Å². The Morgan fingerprint density at radius 2 is 1.88 bits per heavy atom. The van der Waals surface area contributed by atoms with Crippen molar-refractivity contribution in [3.63, 3.8) is 0 Å². The molecule has 4 nitrogen and oxygen atoms in total. The van der Waals surface area contributed by atoms with E-state index in [4.69, 9.17) is 4.74 Å². The maximum Gasteiger partial charge on any atom is 0.410 e. The van der Waals surface area contributed by atoms with E-state index in [-0.39, 0.29) is 24.3 Å². The van der Waals surface area contributed by atoms with Crippen LogP contribution in [0.1, 0.15) is 52.9 Å². The molecule has 2 heterocycles. The Balaban J connectivity index is 2.01. The maximum atomic E-state index is 12.2. The zero-order chi connectivity index (χ0) is 12.6. The van der Waals surface area contributed by atoms with Gasteiger partial charge in [0.2, 0.25) is 0 Å². The highest BCUT2D eigenvalue weighted by molar-refractivity contribution is 5.69. The monoisotopic (exact) mass is 241 g/mol. The first kappa shape index (κ1) is 12.7. The fraction of sp³-hybridized carbons (Fsp3) is 0.923. The average molecular weight is 241 g/mol. The second-order valence-corrected chi connectivity index (χ2v) is 5.90. The molecule has 0 aromatic carbocycles. The molecule has 0 aromatic rings. The van der Waals surface area contributed by atoms with Crippen LogP contribution in [0, 0.1) is 0 Å². The molecule has 2 fully saturated rings. The molecule has 17 heavy (non-hydrogen) atoms. The zero-order valence-corrected chi connectivity index (χ0v) is 11.0. The molecule has 4 heteroatoms. The Morgan fingerprint density at radius 3 is 2.35 bits per heavy atom. The summed E-state index contributed by atoms with van der Waals surface area (Å²) in [5.41, 5.74) is -0.396. The van der Waals surface area contributed by atoms with Gasteiger partial charge in [-0.15, -0.1) is 0 Å². The molecule has 2 aliphatic heterocycles. The number of hydrogen-bond donors (Lipinski definition) is 1. The summed E-state index contributed by atoms with van der Waals surface area (Å²) in [6.07, 6.45) is 3.79. The molecule has 3 atom stereocenters. The van der Waals surface area contributed by atoms with Crippen LogP contribution in [0.3, 0.4) is 0 Å². The van der Waals surface area contributed by atoms with E-state index in [1.54, 1.807) is 0 Å². The van der Waals surface area contributed by atoms with E-state index in [0.29, 0.717) is 12.8 Å². The van der Waals surface area contributed by atoms with Gasteiger partial charge >= 0.3 is 6.09 Å². The van der Waals surface area contributed by atoms with Crippen molar-refractivity contribution >= 4 is 6.09 Å². The fourth-order valence-electron chi connectivity index (χ4n) is 2.81. The Hall–Kier alpha value is -0.770. The first-order valence-electron chi connectivity index (χ1n) is 6.62. The van der Waals surface area contributed by atoms with Gasteiger partial charge in [0.15, 0.2) is 0 Å². The van der Waals surface area contributed by atoms with Crippen LogP contribution >= 0.6 is 0 Å². The van der Waals surface area contributed by atoms with Crippen LogP contribution in [0.25, 0.3) is 0 Å². The molecule has 1 amide bonds. The lowest BCUT2D eigenvalue weighted by molar-refractivity contribution is -0.0192. The number of carbonyl (C=O) groups excluding carboxylic acids is 1. The van der Waals surface area contributed by atoms with Crippen molar-refractivity contribution in [2.24, 2.45) is 0 Å². The standard InChI is InChI=1S/C13H23NO3/c1-4-13(2,3)17-12(16)14-9-5-6-10(14)8-11(15)7-9/h9-11,15H,4-8H2,1-3H3/t9-,10+,11+. The van der Waals surface area contributed by atoms with Crippen LogP contribution in [0.2, 0.25) is 0 Å². The van der Waals surface area contributed by atoms with Gasteiger partial charge in [0.05, 0.1) is 6.10 Å². The molecule has 0 aromatic heterocycles. The van der Waals surface area contributed by atoms with Crippen LogP contribution in [-0.4, -0.2) is 39.9 Å². The van der Waals surface area contributed by atoms with E-state index in [0.717, 1.165) is 19.3 Å². The van der Waals surface area contributed by atoms with Crippen LogP contribution in [0.4, 0.5) is 4.79 Å². The number of aliphatic hydroxyl groups is 1. The highest BCUT2D eigenvalue weighted by Crippen LogP contribution is 2.36. The highest BCUT2D eigenvalue weighted by Gasteiger charge is 2.44. The molecule has 0 saturated carbocycles. The average Bonchev–Trinajstić information content (AvgIpc) is 2.51. The van der Waals surface area contributed by atoms with Crippen molar-refractivity contribution in [2.45, 2.75) is 76.7 Å². The van der Waals surface area contributed by atoms with Crippen molar-refractivity contribution in [3.05, 3.63) is 0 Å². The van der Waals surface area contributed by atoms with E-state index in [2.05, 4.69) is 0 Å². The summed E-state index contributed by atoms with van der Waals surface area (Å²) in [5, 5.41) is 9.69. The first-order valence-corrected chi connectivity index (χ1v) is 6.62. The number of carbonyl (C=O) groups is 1. The number of piperidine rings is 1. The van der Waals surface area contributed by atoms with E-state index in [9.17, 15) is 9.90 Å². The van der Waals surface area contributed by atoms with Crippen LogP contribution < -0.4 is 0 Å². The molecule has 1 N–H and O–H groups in total. The van der Waals surface area contributed by atoms with Crippen molar-refractivity contribution in [1.29, 1.82) is 0 Å². The molecule has 2 aliphatic rings. The Labute approximate surface area is 103 Å². The lowest BCUT2D eigenvalue weighted by Crippen LogP contribution is -2.49. The number of ether oxygens (including phenoxy) is 1. The number of nitrogens with zero attached hydrogens (tertiary/aromatic N) is 1. The van der Waals surface area contributed by atoms with Gasteiger partial charge in [-0.1, -0.05) is 6.92 Å². The summed E-state index contributed by atoms with van der Waals surface area (Å²) in [7, 11) is 0. The summed E-state index contributed by atoms with van der Waals surface area (Å²) < 4.78 is 5.55. The molecule has 0 unspecified atom stereocenters. The third kappa shape index (κ3) is 2.57. The SMILES string of the molecule is CCC(C)(C)OC(=O)N1[C@@H]2CC[C@H]1C[C@@H](O)C2. The van der Waals surface area contributed by atoms with Crippen molar-refractivity contribution in [1.82, 2.24) is 4.90 Å². The van der Waals surface area contributed by atoms with Crippen LogP contribution in [0.5, 0.6) is 0 Å². The number of hydrogen-bond acceptors (Lipinski definition) is 3. The predicted molar refractivity (Wildman–Crippen MR) is 64.7 cm³/mol. The third-order valence-electron chi connectivity index (χ3n) is 4.13. The highest BCUT2D eigenvalue weighted by atomic mass is 16.6. The lowest BCUT2D eigenvalue weighted by atomic mass is 10.0. The van der Waals surface area contributed by atoms with Crippen LogP contribution in [0.15, 0.2) is 0 Å². The minimum Gasteiger partial charge on any atom is -0.443 e. The van der Waals surface area contributed by atoms with E-state index in [1.165, 1.54) is 0 Å². The third-order valence-corrected chi connectivity index (χ3v) is 4.13. The summed E-state index contributed by atoms with van der Waals surface area (Å²) in [4.78, 5) is 14.0. The molecule has 0 aliphatic carbocycles. The zero-order valence-electron chi connectivity index (χ0n) is 11.0. The Morgan fingerprint density at radius 1 is 1.35 bits per heavy atom. The first-order chi connectivity index (χ1) is 7.93. The Kier molecular flexibility index (Phi) is 3.34. The lowest BCUT2D eigenvalue weighted by Gasteiger charge is -2.38. The largest absolute Gasteiger partial charge is 0.443 e. The summed E-state index contributed by atoms with van der Waals surface area (Å²) in [5.74, 6) is 0. The maximum absolute atomic E-state index is 12.2. The van der Waals surface area contributed by atoms with Gasteiger partial charge in [0.1, 0.15) is 5.60 Å². The number of aliphatic hydroxyl groups excluding tert-OH is 1. The van der Waals surface area contributed by atoms with E-state index < -0.39 is 5.60 Å². The van der Waals surface area contributed by atoms with Crippen molar-refractivity contribution in [2.75, 3.05) is 0 Å². The second kappa shape index (κ2) is 4.48. The van der Waals surface area contributed by atoms with Crippen LogP contribution in [-0.2, 0) is 4.74 Å². The number of fused-ring (bicyclic) bond motifs is 2. The minimum atomic E-state index is -0.396. The molecule has 2 bridgehead atoms. The normalized spacial score (nSPS) is 32.7. The molecule has 0 radical (unpaired) electrons. The quantitative estimate of drug-likeness (QED) is 0.807. The van der Waals surface area contributed by atoms with Gasteiger partial charge in [-0.3, -0.25) is 0 Å². The van der Waals surface area contributed by atoms with Gasteiger partial charge in [-0.2, -0.15) is 0 Å². The van der Waals surface area contributed by atoms with Gasteiger partial charge in [0, 0.05) is 12.1 Å². The molecular formula is C13H23NO3. The van der Waals surface area contributed by atoms with Gasteiger partial charge in [0.25, 0.3) is 0 Å². The van der Waals surface area contributed by atoms with Gasteiger partial charge in [-0.25, -0.2) is 4.79 Å². The fourth-order valence-corrected chi connectivity index (χ4v) is 2.81. The predicted octanol–water partition coefficient (Wildman–Crippen LogP) is 2.30. The molecule has 2 saturated heterocycles. The topological polar surface area (TPSA) is 49.8 Å². The smallest absolute Gasteiger partial charge is 0.410 e.